The molecule has 1 saturated carbocycles. The molecule has 1 aromatic rings. The summed E-state index contributed by atoms with van der Waals surface area (Å²) in [4.78, 5) is 11.5. The van der Waals surface area contributed by atoms with E-state index < -0.39 is 18.3 Å². The smallest absolute Gasteiger partial charge is 0.306 e. The van der Waals surface area contributed by atoms with Gasteiger partial charge in [-0.15, -0.1) is 0 Å². The lowest BCUT2D eigenvalue weighted by Gasteiger charge is -2.23. The molecule has 0 saturated heterocycles. The quantitative estimate of drug-likeness (QED) is 0.162. The maximum absolute atomic E-state index is 11.5. The lowest BCUT2D eigenvalue weighted by Crippen LogP contribution is -2.23. The van der Waals surface area contributed by atoms with E-state index >= 15 is 0 Å². The Morgan fingerprint density at radius 3 is 2.58 bits per heavy atom. The van der Waals surface area contributed by atoms with Gasteiger partial charge < -0.3 is 20.1 Å². The molecule has 6 atom stereocenters. The number of esters is 1. The van der Waals surface area contributed by atoms with Crippen LogP contribution in [-0.4, -0.2) is 44.6 Å². The molecule has 1 aliphatic rings. The van der Waals surface area contributed by atoms with E-state index in [1.54, 1.807) is 6.92 Å². The van der Waals surface area contributed by atoms with Gasteiger partial charge in [0.1, 0.15) is 0 Å². The largest absolute Gasteiger partial charge is 0.451 e. The van der Waals surface area contributed by atoms with Gasteiger partial charge in [0, 0.05) is 6.42 Å². The fourth-order valence-corrected chi connectivity index (χ4v) is 4.60. The molecule has 0 radical (unpaired) electrons. The molecular formula is C25H37BrO5. The average molecular weight is 497 g/mol. The molecule has 6 heteroatoms. The third-order valence-corrected chi connectivity index (χ3v) is 6.27. The zero-order chi connectivity index (χ0) is 22.6. The Balaban J connectivity index is 1.70. The Morgan fingerprint density at radius 2 is 1.87 bits per heavy atom. The van der Waals surface area contributed by atoms with E-state index in [2.05, 4.69) is 28.1 Å². The van der Waals surface area contributed by atoms with E-state index in [-0.39, 0.29) is 22.8 Å². The Labute approximate surface area is 194 Å². The van der Waals surface area contributed by atoms with Crippen molar-refractivity contribution >= 4 is 21.9 Å². The first-order chi connectivity index (χ1) is 14.9. The molecule has 2 rings (SSSR count). The first-order valence-electron chi connectivity index (χ1n) is 11.4. The van der Waals surface area contributed by atoms with E-state index in [1.807, 2.05) is 30.4 Å². The number of aliphatic hydroxyl groups is 3. The van der Waals surface area contributed by atoms with Gasteiger partial charge in [-0.3, -0.25) is 4.79 Å². The number of hydrogen-bond donors (Lipinski definition) is 3. The van der Waals surface area contributed by atoms with E-state index in [1.165, 1.54) is 5.56 Å². The number of carbonyl (C=O) groups is 1. The predicted molar refractivity (Wildman–Crippen MR) is 126 cm³/mol. The van der Waals surface area contributed by atoms with Crippen LogP contribution in [0.15, 0.2) is 42.5 Å². The van der Waals surface area contributed by atoms with Gasteiger partial charge in [-0.25, -0.2) is 0 Å². The van der Waals surface area contributed by atoms with Crippen LogP contribution in [0.4, 0.5) is 0 Å². The first-order valence-corrected chi connectivity index (χ1v) is 12.3. The second-order valence-corrected chi connectivity index (χ2v) is 9.88. The molecule has 0 bridgehead atoms. The van der Waals surface area contributed by atoms with Crippen molar-refractivity contribution in [3.05, 3.63) is 48.0 Å². The molecule has 0 spiro atoms. The number of unbranched alkanes of at least 4 members (excludes halogenated alkanes) is 1. The zero-order valence-electron chi connectivity index (χ0n) is 18.4. The fraction of sp³-hybridized carbons (Fsp3) is 0.640. The number of benzene rings is 1. The number of aryl methyl sites for hydroxylation is 1. The molecule has 0 amide bonds. The monoisotopic (exact) mass is 496 g/mol. The normalized spacial score (nSPS) is 25.6. The fourth-order valence-electron chi connectivity index (χ4n) is 4.39. The molecule has 1 aliphatic carbocycles. The summed E-state index contributed by atoms with van der Waals surface area (Å²) in [5.41, 5.74) is 1.22. The predicted octanol–water partition coefficient (Wildman–Crippen LogP) is 4.52. The highest BCUT2D eigenvalue weighted by atomic mass is 79.9. The second-order valence-electron chi connectivity index (χ2n) is 8.59. The Bertz CT molecular complexity index is 663. The Hall–Kier alpha value is -1.21. The van der Waals surface area contributed by atoms with Gasteiger partial charge in [-0.05, 0) is 91.6 Å². The topological polar surface area (TPSA) is 87.0 Å². The van der Waals surface area contributed by atoms with Crippen LogP contribution < -0.4 is 0 Å². The van der Waals surface area contributed by atoms with Gasteiger partial charge in [0.15, 0.2) is 5.01 Å². The highest BCUT2D eigenvalue weighted by Gasteiger charge is 2.40. The number of hydrogen-bond acceptors (Lipinski definition) is 5. The number of alkyl halides is 1. The molecule has 1 fully saturated rings. The van der Waals surface area contributed by atoms with Crippen LogP contribution >= 0.6 is 15.9 Å². The molecule has 1 unspecified atom stereocenters. The number of aliphatic hydroxyl groups excluding tert-OH is 3. The van der Waals surface area contributed by atoms with Crippen molar-refractivity contribution in [3.8, 4) is 0 Å². The van der Waals surface area contributed by atoms with Gasteiger partial charge in [0.25, 0.3) is 0 Å². The van der Waals surface area contributed by atoms with Crippen LogP contribution in [-0.2, 0) is 16.0 Å². The molecule has 3 N–H and O–H groups in total. The van der Waals surface area contributed by atoms with Gasteiger partial charge in [0.2, 0.25) is 0 Å². The van der Waals surface area contributed by atoms with Crippen molar-refractivity contribution in [1.82, 2.24) is 0 Å². The highest BCUT2D eigenvalue weighted by molar-refractivity contribution is 9.09. The minimum atomic E-state index is -0.518. The summed E-state index contributed by atoms with van der Waals surface area (Å²) in [6, 6.07) is 10.1. The van der Waals surface area contributed by atoms with Crippen LogP contribution in [0.3, 0.4) is 0 Å². The third kappa shape index (κ3) is 9.85. The Morgan fingerprint density at radius 1 is 1.16 bits per heavy atom. The second kappa shape index (κ2) is 14.0. The van der Waals surface area contributed by atoms with Gasteiger partial charge >= 0.3 is 5.97 Å². The maximum Gasteiger partial charge on any atom is 0.306 e. The first kappa shape index (κ1) is 26.0. The van der Waals surface area contributed by atoms with Crippen molar-refractivity contribution < 1.29 is 24.9 Å². The molecule has 0 aromatic heterocycles. The number of halogens is 1. The maximum atomic E-state index is 11.5. The minimum Gasteiger partial charge on any atom is -0.451 e. The SMILES string of the molecule is CC(Br)OC(=O)CCCC=CC[C@@H]1[C@@H](CC[C@@H](O)CCc2ccccc2)[C@H](O)C[C@@H]1O. The van der Waals surface area contributed by atoms with Crippen molar-refractivity contribution in [3.63, 3.8) is 0 Å². The summed E-state index contributed by atoms with van der Waals surface area (Å²) in [6.45, 7) is 1.76. The average Bonchev–Trinajstić information content (AvgIpc) is 3.00. The summed E-state index contributed by atoms with van der Waals surface area (Å²) >= 11 is 3.19. The summed E-state index contributed by atoms with van der Waals surface area (Å²) < 4.78 is 5.04. The minimum absolute atomic E-state index is 0.00131. The lowest BCUT2D eigenvalue weighted by atomic mass is 9.85. The van der Waals surface area contributed by atoms with E-state index in [9.17, 15) is 20.1 Å². The van der Waals surface area contributed by atoms with E-state index in [4.69, 9.17) is 4.74 Å². The highest BCUT2D eigenvalue weighted by Crippen LogP contribution is 2.38. The van der Waals surface area contributed by atoms with Crippen molar-refractivity contribution in [1.29, 1.82) is 0 Å². The molecule has 0 aliphatic heterocycles. The standard InChI is InChI=1S/C25H37BrO5/c1-18(26)31-25(30)12-8-3-2-7-11-21-22(24(29)17-23(21)28)16-15-20(27)14-13-19-9-5-4-6-10-19/h2,4-7,9-10,18,20-24,27-29H,3,8,11-17H2,1H3/t18?,20-,21+,22+,23-,24+/m0/s1. The third-order valence-electron chi connectivity index (χ3n) is 6.08. The zero-order valence-corrected chi connectivity index (χ0v) is 20.0. The van der Waals surface area contributed by atoms with E-state index in [0.717, 1.165) is 19.3 Å². The number of rotatable bonds is 13. The summed E-state index contributed by atoms with van der Waals surface area (Å²) in [6.07, 6.45) is 8.53. The van der Waals surface area contributed by atoms with Crippen LogP contribution in [0.1, 0.15) is 63.9 Å². The van der Waals surface area contributed by atoms with Crippen LogP contribution in [0.25, 0.3) is 0 Å². The van der Waals surface area contributed by atoms with Gasteiger partial charge in [-0.2, -0.15) is 0 Å². The van der Waals surface area contributed by atoms with Crippen LogP contribution in [0.5, 0.6) is 0 Å². The number of carbonyl (C=O) groups excluding carboxylic acids is 1. The van der Waals surface area contributed by atoms with E-state index in [0.29, 0.717) is 38.5 Å². The number of ether oxygens (including phenoxy) is 1. The molecular weight excluding hydrogens is 460 g/mol. The molecule has 0 heterocycles. The molecule has 174 valence electrons. The van der Waals surface area contributed by atoms with Crippen LogP contribution in [0.2, 0.25) is 0 Å². The molecule has 5 nitrogen and oxygen atoms in total. The summed E-state index contributed by atoms with van der Waals surface area (Å²) in [7, 11) is 0. The van der Waals surface area contributed by atoms with Crippen LogP contribution in [0, 0.1) is 11.8 Å². The summed E-state index contributed by atoms with van der Waals surface area (Å²) in [5, 5.41) is 30.9. The van der Waals surface area contributed by atoms with Crippen molar-refractivity contribution in [2.75, 3.05) is 0 Å². The number of allylic oxidation sites excluding steroid dienone is 2. The lowest BCUT2D eigenvalue weighted by molar-refractivity contribution is -0.144. The molecule has 1 aromatic carbocycles. The van der Waals surface area contributed by atoms with Crippen molar-refractivity contribution in [2.45, 2.75) is 88.0 Å². The summed E-state index contributed by atoms with van der Waals surface area (Å²) in [5.74, 6) is -0.203. The van der Waals surface area contributed by atoms with Gasteiger partial charge in [-0.1, -0.05) is 42.5 Å². The Kier molecular flexibility index (Phi) is 11.8. The van der Waals surface area contributed by atoms with Gasteiger partial charge in [0.05, 0.1) is 18.3 Å². The van der Waals surface area contributed by atoms with Crippen molar-refractivity contribution in [2.24, 2.45) is 11.8 Å². The molecule has 31 heavy (non-hydrogen) atoms.